The number of rotatable bonds is 4. The van der Waals surface area contributed by atoms with E-state index in [1.807, 2.05) is 0 Å². The van der Waals surface area contributed by atoms with Gasteiger partial charge in [0.25, 0.3) is 0 Å². The van der Waals surface area contributed by atoms with E-state index in [1.165, 1.54) is 0 Å². The molecule has 0 amide bonds. The standard InChI is InChI=1S/C11H13NO3/c13-11(14)9-3-1-8(2-4-9)7-15-10-5-12-6-10/h1-4,10,12H,5-7H2,(H,13,14). The highest BCUT2D eigenvalue weighted by molar-refractivity contribution is 5.87. The van der Waals surface area contributed by atoms with E-state index in [0.29, 0.717) is 18.3 Å². The fourth-order valence-electron chi connectivity index (χ4n) is 1.34. The molecule has 0 saturated carbocycles. The molecular formula is C11H13NO3. The molecule has 4 nitrogen and oxygen atoms in total. The summed E-state index contributed by atoms with van der Waals surface area (Å²) in [7, 11) is 0. The maximum absolute atomic E-state index is 10.6. The molecule has 1 aliphatic rings. The van der Waals surface area contributed by atoms with Crippen LogP contribution in [0.3, 0.4) is 0 Å². The Morgan fingerprint density at radius 2 is 2.07 bits per heavy atom. The summed E-state index contributed by atoms with van der Waals surface area (Å²) in [5.74, 6) is -0.898. The average Bonchev–Trinajstić information content (AvgIpc) is 2.16. The molecule has 0 atom stereocenters. The van der Waals surface area contributed by atoms with Crippen molar-refractivity contribution in [2.24, 2.45) is 0 Å². The van der Waals surface area contributed by atoms with Gasteiger partial charge in [0, 0.05) is 13.1 Å². The lowest BCUT2D eigenvalue weighted by atomic mass is 10.1. The first-order chi connectivity index (χ1) is 7.25. The Morgan fingerprint density at radius 3 is 2.53 bits per heavy atom. The van der Waals surface area contributed by atoms with Crippen LogP contribution >= 0.6 is 0 Å². The molecule has 1 aromatic carbocycles. The van der Waals surface area contributed by atoms with Crippen LogP contribution in [0.15, 0.2) is 24.3 Å². The van der Waals surface area contributed by atoms with Gasteiger partial charge in [-0.1, -0.05) is 12.1 Å². The summed E-state index contributed by atoms with van der Waals surface area (Å²) in [6.07, 6.45) is 0.309. The van der Waals surface area contributed by atoms with Gasteiger partial charge in [0.2, 0.25) is 0 Å². The van der Waals surface area contributed by atoms with Crippen LogP contribution in [0.1, 0.15) is 15.9 Å². The van der Waals surface area contributed by atoms with E-state index in [-0.39, 0.29) is 0 Å². The molecule has 4 heteroatoms. The fourth-order valence-corrected chi connectivity index (χ4v) is 1.34. The quantitative estimate of drug-likeness (QED) is 0.769. The van der Waals surface area contributed by atoms with Gasteiger partial charge >= 0.3 is 5.97 Å². The van der Waals surface area contributed by atoms with Gasteiger partial charge in [-0.2, -0.15) is 0 Å². The lowest BCUT2D eigenvalue weighted by Gasteiger charge is -2.27. The monoisotopic (exact) mass is 207 g/mol. The second-order valence-corrected chi connectivity index (χ2v) is 3.59. The molecule has 1 heterocycles. The maximum atomic E-state index is 10.6. The highest BCUT2D eigenvalue weighted by Crippen LogP contribution is 2.08. The first-order valence-electron chi connectivity index (χ1n) is 4.90. The zero-order chi connectivity index (χ0) is 10.7. The first-order valence-corrected chi connectivity index (χ1v) is 4.90. The molecule has 0 bridgehead atoms. The highest BCUT2D eigenvalue weighted by atomic mass is 16.5. The molecule has 2 N–H and O–H groups in total. The lowest BCUT2D eigenvalue weighted by Crippen LogP contribution is -2.48. The summed E-state index contributed by atoms with van der Waals surface area (Å²) in [6, 6.07) is 6.77. The molecule has 15 heavy (non-hydrogen) atoms. The summed E-state index contributed by atoms with van der Waals surface area (Å²) in [5, 5.41) is 11.8. The van der Waals surface area contributed by atoms with Gasteiger partial charge in [-0.05, 0) is 17.7 Å². The van der Waals surface area contributed by atoms with Gasteiger partial charge < -0.3 is 15.2 Å². The third-order valence-corrected chi connectivity index (χ3v) is 2.43. The fraction of sp³-hybridized carbons (Fsp3) is 0.364. The van der Waals surface area contributed by atoms with Crippen LogP contribution in [-0.2, 0) is 11.3 Å². The summed E-state index contributed by atoms with van der Waals surface area (Å²) in [4.78, 5) is 10.6. The van der Waals surface area contributed by atoms with Crippen LogP contribution in [0.5, 0.6) is 0 Å². The Bertz CT molecular complexity index is 343. The van der Waals surface area contributed by atoms with Crippen molar-refractivity contribution in [3.05, 3.63) is 35.4 Å². The number of nitrogens with one attached hydrogen (secondary N) is 1. The summed E-state index contributed by atoms with van der Waals surface area (Å²) in [5.41, 5.74) is 1.32. The number of carboxylic acids is 1. The molecule has 1 aliphatic heterocycles. The average molecular weight is 207 g/mol. The number of benzene rings is 1. The third kappa shape index (κ3) is 2.55. The van der Waals surface area contributed by atoms with Gasteiger partial charge in [0.15, 0.2) is 0 Å². The molecule has 1 saturated heterocycles. The van der Waals surface area contributed by atoms with Crippen molar-refractivity contribution in [3.63, 3.8) is 0 Å². The number of carbonyl (C=O) groups is 1. The molecule has 80 valence electrons. The predicted octanol–water partition coefficient (Wildman–Crippen LogP) is 0.873. The Kier molecular flexibility index (Phi) is 2.99. The van der Waals surface area contributed by atoms with E-state index in [2.05, 4.69) is 5.32 Å². The van der Waals surface area contributed by atoms with E-state index in [0.717, 1.165) is 18.7 Å². The normalized spacial score (nSPS) is 16.0. The molecule has 2 rings (SSSR count). The Hall–Kier alpha value is -1.39. The van der Waals surface area contributed by atoms with Crippen molar-refractivity contribution in [3.8, 4) is 0 Å². The van der Waals surface area contributed by atoms with Gasteiger partial charge in [0.05, 0.1) is 18.3 Å². The van der Waals surface area contributed by atoms with E-state index >= 15 is 0 Å². The summed E-state index contributed by atoms with van der Waals surface area (Å²) in [6.45, 7) is 2.37. The van der Waals surface area contributed by atoms with Crippen molar-refractivity contribution >= 4 is 5.97 Å². The minimum absolute atomic E-state index is 0.309. The van der Waals surface area contributed by atoms with E-state index in [9.17, 15) is 4.79 Å². The Morgan fingerprint density at radius 1 is 1.40 bits per heavy atom. The predicted molar refractivity (Wildman–Crippen MR) is 54.8 cm³/mol. The first kappa shape index (κ1) is 10.1. The maximum Gasteiger partial charge on any atom is 0.335 e. The molecule has 0 aliphatic carbocycles. The lowest BCUT2D eigenvalue weighted by molar-refractivity contribution is 0.00757. The second kappa shape index (κ2) is 4.42. The minimum Gasteiger partial charge on any atom is -0.478 e. The van der Waals surface area contributed by atoms with Crippen molar-refractivity contribution in [1.82, 2.24) is 5.32 Å². The number of aromatic carboxylic acids is 1. The molecule has 0 unspecified atom stereocenters. The van der Waals surface area contributed by atoms with Crippen LogP contribution < -0.4 is 5.32 Å². The smallest absolute Gasteiger partial charge is 0.335 e. The highest BCUT2D eigenvalue weighted by Gasteiger charge is 2.16. The van der Waals surface area contributed by atoms with Crippen molar-refractivity contribution in [1.29, 1.82) is 0 Å². The summed E-state index contributed by atoms with van der Waals surface area (Å²) < 4.78 is 5.55. The molecule has 1 aromatic rings. The van der Waals surface area contributed by atoms with Crippen LogP contribution in [-0.4, -0.2) is 30.3 Å². The van der Waals surface area contributed by atoms with Crippen molar-refractivity contribution in [2.45, 2.75) is 12.7 Å². The van der Waals surface area contributed by atoms with Crippen LogP contribution in [0, 0.1) is 0 Å². The topological polar surface area (TPSA) is 58.6 Å². The second-order valence-electron chi connectivity index (χ2n) is 3.59. The van der Waals surface area contributed by atoms with E-state index in [4.69, 9.17) is 9.84 Å². The van der Waals surface area contributed by atoms with Gasteiger partial charge in [0.1, 0.15) is 0 Å². The number of carboxylic acid groups (broad SMARTS) is 1. The van der Waals surface area contributed by atoms with E-state index < -0.39 is 5.97 Å². The van der Waals surface area contributed by atoms with Crippen molar-refractivity contribution < 1.29 is 14.6 Å². The third-order valence-electron chi connectivity index (χ3n) is 2.43. The zero-order valence-corrected chi connectivity index (χ0v) is 8.27. The van der Waals surface area contributed by atoms with Crippen LogP contribution in [0.25, 0.3) is 0 Å². The number of ether oxygens (including phenoxy) is 1. The Balaban J connectivity index is 1.88. The van der Waals surface area contributed by atoms with E-state index in [1.54, 1.807) is 24.3 Å². The zero-order valence-electron chi connectivity index (χ0n) is 8.27. The SMILES string of the molecule is O=C(O)c1ccc(COC2CNC2)cc1. The molecular weight excluding hydrogens is 194 g/mol. The molecule has 0 aromatic heterocycles. The van der Waals surface area contributed by atoms with Gasteiger partial charge in [-0.15, -0.1) is 0 Å². The van der Waals surface area contributed by atoms with Gasteiger partial charge in [-0.3, -0.25) is 0 Å². The summed E-state index contributed by atoms with van der Waals surface area (Å²) >= 11 is 0. The molecule has 1 fully saturated rings. The number of hydrogen-bond acceptors (Lipinski definition) is 3. The van der Waals surface area contributed by atoms with Crippen LogP contribution in [0.4, 0.5) is 0 Å². The minimum atomic E-state index is -0.898. The van der Waals surface area contributed by atoms with Crippen molar-refractivity contribution in [2.75, 3.05) is 13.1 Å². The largest absolute Gasteiger partial charge is 0.478 e. The Labute approximate surface area is 87.9 Å². The van der Waals surface area contributed by atoms with Gasteiger partial charge in [-0.25, -0.2) is 4.79 Å². The van der Waals surface area contributed by atoms with Crippen LogP contribution in [0.2, 0.25) is 0 Å². The molecule has 0 radical (unpaired) electrons. The number of hydrogen-bond donors (Lipinski definition) is 2. The molecule has 0 spiro atoms.